The number of benzene rings is 1. The third-order valence-electron chi connectivity index (χ3n) is 3.47. The molecule has 1 unspecified atom stereocenters. The van der Waals surface area contributed by atoms with Gasteiger partial charge in [-0.25, -0.2) is 0 Å². The number of morpholine rings is 1. The summed E-state index contributed by atoms with van der Waals surface area (Å²) >= 11 is 3.41. The van der Waals surface area contributed by atoms with Crippen LogP contribution in [0.1, 0.15) is 10.4 Å². The van der Waals surface area contributed by atoms with Crippen LogP contribution in [0.4, 0.5) is 0 Å². The number of ether oxygens (including phenoxy) is 1. The lowest BCUT2D eigenvalue weighted by atomic mass is 10.1. The summed E-state index contributed by atoms with van der Waals surface area (Å²) in [6.07, 6.45) is 1.81. The third kappa shape index (κ3) is 2.55. The van der Waals surface area contributed by atoms with Crippen LogP contribution in [0.25, 0.3) is 10.9 Å². The van der Waals surface area contributed by atoms with Crippen molar-refractivity contribution in [2.45, 2.75) is 6.10 Å². The van der Waals surface area contributed by atoms with Gasteiger partial charge in [0.05, 0.1) is 18.2 Å². The van der Waals surface area contributed by atoms with Gasteiger partial charge in [0.2, 0.25) is 0 Å². The Labute approximate surface area is 125 Å². The number of rotatable bonds is 2. The van der Waals surface area contributed by atoms with Gasteiger partial charge in [-0.2, -0.15) is 0 Å². The van der Waals surface area contributed by atoms with E-state index in [1.54, 1.807) is 6.20 Å². The van der Waals surface area contributed by atoms with Crippen molar-refractivity contribution in [2.24, 2.45) is 0 Å². The number of halogens is 1. The highest BCUT2D eigenvalue weighted by Crippen LogP contribution is 2.19. The molecule has 1 aliphatic rings. The van der Waals surface area contributed by atoms with Gasteiger partial charge < -0.3 is 9.64 Å². The molecule has 2 heterocycles. The van der Waals surface area contributed by atoms with Crippen molar-refractivity contribution in [3.63, 3.8) is 0 Å². The second-order valence-corrected chi connectivity index (χ2v) is 5.42. The molecule has 0 spiro atoms. The lowest BCUT2D eigenvalue weighted by Crippen LogP contribution is -2.46. The Morgan fingerprint density at radius 2 is 2.30 bits per heavy atom. The van der Waals surface area contributed by atoms with E-state index in [1.807, 2.05) is 35.2 Å². The van der Waals surface area contributed by atoms with Crippen LogP contribution in [0, 0.1) is 0 Å². The number of aromatic nitrogens is 1. The van der Waals surface area contributed by atoms with Gasteiger partial charge in [0, 0.05) is 35.6 Å². The maximum absolute atomic E-state index is 12.7. The summed E-state index contributed by atoms with van der Waals surface area (Å²) in [6.45, 7) is 1.85. The zero-order chi connectivity index (χ0) is 13.9. The number of amides is 1. The molecule has 1 aromatic heterocycles. The van der Waals surface area contributed by atoms with Crippen LogP contribution in [-0.4, -0.2) is 46.9 Å². The normalized spacial score (nSPS) is 19.2. The predicted octanol–water partition coefficient (Wildman–Crippen LogP) is 2.47. The maximum atomic E-state index is 12.7. The topological polar surface area (TPSA) is 42.4 Å². The Morgan fingerprint density at radius 1 is 1.40 bits per heavy atom. The third-order valence-corrected chi connectivity index (χ3v) is 4.20. The summed E-state index contributed by atoms with van der Waals surface area (Å²) in [6, 6.07) is 9.47. The highest BCUT2D eigenvalue weighted by atomic mass is 79.9. The summed E-state index contributed by atoms with van der Waals surface area (Å²) in [5.41, 5.74) is 1.56. The Morgan fingerprint density at radius 3 is 3.15 bits per heavy atom. The first-order valence-corrected chi connectivity index (χ1v) is 7.72. The molecule has 2 aromatic rings. The van der Waals surface area contributed by atoms with E-state index in [0.29, 0.717) is 25.3 Å². The van der Waals surface area contributed by atoms with Crippen molar-refractivity contribution < 1.29 is 9.53 Å². The number of fused-ring (bicyclic) bond motifs is 1. The number of alkyl halides is 1. The molecule has 1 aromatic carbocycles. The number of hydrogen-bond donors (Lipinski definition) is 0. The minimum absolute atomic E-state index is 0.0536. The van der Waals surface area contributed by atoms with Crippen LogP contribution < -0.4 is 0 Å². The van der Waals surface area contributed by atoms with E-state index in [1.165, 1.54) is 0 Å². The van der Waals surface area contributed by atoms with Crippen molar-refractivity contribution >= 4 is 32.7 Å². The van der Waals surface area contributed by atoms with Gasteiger partial charge in [-0.1, -0.05) is 28.1 Å². The van der Waals surface area contributed by atoms with Crippen LogP contribution in [-0.2, 0) is 4.74 Å². The van der Waals surface area contributed by atoms with Crippen LogP contribution in [0.2, 0.25) is 0 Å². The molecule has 1 atom stereocenters. The molecule has 1 fully saturated rings. The zero-order valence-electron chi connectivity index (χ0n) is 11.0. The Hall–Kier alpha value is -1.46. The number of nitrogens with zero attached hydrogens (tertiary/aromatic N) is 2. The minimum atomic E-state index is 0.0536. The van der Waals surface area contributed by atoms with Gasteiger partial charge >= 0.3 is 0 Å². The molecule has 0 aliphatic carbocycles. The zero-order valence-corrected chi connectivity index (χ0v) is 12.5. The van der Waals surface area contributed by atoms with E-state index in [9.17, 15) is 4.79 Å². The smallest absolute Gasteiger partial charge is 0.254 e. The van der Waals surface area contributed by atoms with Crippen molar-refractivity contribution in [3.05, 3.63) is 42.1 Å². The Bertz CT molecular complexity index is 627. The molecule has 4 nitrogen and oxygen atoms in total. The average molecular weight is 335 g/mol. The minimum Gasteiger partial charge on any atom is -0.374 e. The molecule has 1 aliphatic heterocycles. The lowest BCUT2D eigenvalue weighted by Gasteiger charge is -2.32. The van der Waals surface area contributed by atoms with E-state index in [4.69, 9.17) is 4.74 Å². The predicted molar refractivity (Wildman–Crippen MR) is 81.2 cm³/mol. The fourth-order valence-corrected chi connectivity index (χ4v) is 2.85. The van der Waals surface area contributed by atoms with E-state index in [2.05, 4.69) is 20.9 Å². The molecule has 104 valence electrons. The van der Waals surface area contributed by atoms with Crippen LogP contribution in [0.3, 0.4) is 0 Å². The molecule has 1 saturated heterocycles. The molecule has 3 rings (SSSR count). The molecule has 0 bridgehead atoms. The largest absolute Gasteiger partial charge is 0.374 e. The molecule has 5 heteroatoms. The lowest BCUT2D eigenvalue weighted by molar-refractivity contribution is -0.00957. The van der Waals surface area contributed by atoms with E-state index in [0.717, 1.165) is 16.2 Å². The molecule has 0 saturated carbocycles. The number of carbonyl (C=O) groups excluding carboxylic acids is 1. The van der Waals surface area contributed by atoms with Crippen molar-refractivity contribution in [1.29, 1.82) is 0 Å². The standard InChI is InChI=1S/C15H15BrN2O2/c16-9-11-10-18(7-8-20-11)15(19)13-3-1-5-14-12(13)4-2-6-17-14/h1-6,11H,7-10H2. The van der Waals surface area contributed by atoms with Gasteiger partial charge in [-0.15, -0.1) is 0 Å². The van der Waals surface area contributed by atoms with E-state index >= 15 is 0 Å². The van der Waals surface area contributed by atoms with Crippen molar-refractivity contribution in [3.8, 4) is 0 Å². The summed E-state index contributed by atoms with van der Waals surface area (Å²) in [7, 11) is 0. The maximum Gasteiger partial charge on any atom is 0.254 e. The van der Waals surface area contributed by atoms with E-state index < -0.39 is 0 Å². The summed E-state index contributed by atoms with van der Waals surface area (Å²) in [5, 5.41) is 1.65. The Kier molecular flexibility index (Phi) is 3.98. The van der Waals surface area contributed by atoms with Crippen LogP contribution >= 0.6 is 15.9 Å². The monoisotopic (exact) mass is 334 g/mol. The molecule has 0 radical (unpaired) electrons. The molecule has 0 N–H and O–H groups in total. The first-order valence-electron chi connectivity index (χ1n) is 6.60. The second kappa shape index (κ2) is 5.89. The fraction of sp³-hybridized carbons (Fsp3) is 0.333. The number of hydrogen-bond acceptors (Lipinski definition) is 3. The quantitative estimate of drug-likeness (QED) is 0.792. The van der Waals surface area contributed by atoms with Crippen LogP contribution in [0.5, 0.6) is 0 Å². The van der Waals surface area contributed by atoms with Gasteiger partial charge in [0.25, 0.3) is 5.91 Å². The second-order valence-electron chi connectivity index (χ2n) is 4.77. The van der Waals surface area contributed by atoms with Crippen molar-refractivity contribution in [2.75, 3.05) is 25.0 Å². The first-order chi connectivity index (χ1) is 9.79. The molecule has 20 heavy (non-hydrogen) atoms. The van der Waals surface area contributed by atoms with Crippen LogP contribution in [0.15, 0.2) is 36.5 Å². The van der Waals surface area contributed by atoms with E-state index in [-0.39, 0.29) is 12.0 Å². The first kappa shape index (κ1) is 13.5. The molecular formula is C15H15BrN2O2. The SMILES string of the molecule is O=C(c1cccc2ncccc12)N1CCOC(CBr)C1. The fourth-order valence-electron chi connectivity index (χ4n) is 2.46. The summed E-state index contributed by atoms with van der Waals surface area (Å²) in [5.74, 6) is 0.0536. The molecule has 1 amide bonds. The van der Waals surface area contributed by atoms with Gasteiger partial charge in [-0.05, 0) is 18.2 Å². The highest BCUT2D eigenvalue weighted by Gasteiger charge is 2.25. The summed E-state index contributed by atoms with van der Waals surface area (Å²) < 4.78 is 5.58. The highest BCUT2D eigenvalue weighted by molar-refractivity contribution is 9.09. The Balaban J connectivity index is 1.92. The number of carbonyl (C=O) groups is 1. The van der Waals surface area contributed by atoms with Gasteiger partial charge in [0.1, 0.15) is 0 Å². The average Bonchev–Trinajstić information content (AvgIpc) is 2.53. The molecular weight excluding hydrogens is 320 g/mol. The van der Waals surface area contributed by atoms with Crippen molar-refractivity contribution in [1.82, 2.24) is 9.88 Å². The number of pyridine rings is 1. The van der Waals surface area contributed by atoms with Gasteiger partial charge in [-0.3, -0.25) is 9.78 Å². The summed E-state index contributed by atoms with van der Waals surface area (Å²) in [4.78, 5) is 18.9. The van der Waals surface area contributed by atoms with Gasteiger partial charge in [0.15, 0.2) is 0 Å².